The van der Waals surface area contributed by atoms with Crippen molar-refractivity contribution in [2.24, 2.45) is 0 Å². The Labute approximate surface area is 296 Å². The van der Waals surface area contributed by atoms with Gasteiger partial charge in [0.05, 0.1) is 37.6 Å². The minimum absolute atomic E-state index is 0. The molecule has 1 saturated heterocycles. The molecule has 2 atom stereocenters. The molecular formula is C32H34ClN2NaO8S2. The molecule has 2 aromatic carbocycles. The number of aryl methyl sites for hydroxylation is 1. The van der Waals surface area contributed by atoms with Crippen LogP contribution in [0.4, 0.5) is 0 Å². The van der Waals surface area contributed by atoms with Crippen LogP contribution in [0.5, 0.6) is 0 Å². The number of halogens is 1. The van der Waals surface area contributed by atoms with E-state index in [1.807, 2.05) is 77.1 Å². The fourth-order valence-corrected chi connectivity index (χ4v) is 6.48. The van der Waals surface area contributed by atoms with Gasteiger partial charge >= 0.3 is 35.4 Å². The van der Waals surface area contributed by atoms with Gasteiger partial charge in [-0.3, -0.25) is 0 Å². The van der Waals surface area contributed by atoms with Crippen molar-refractivity contribution in [1.82, 2.24) is 4.90 Å². The first-order valence-electron chi connectivity index (χ1n) is 14.7. The number of nitrogens with zero attached hydrogens (tertiary/aromatic N) is 2. The Kier molecular flexibility index (Phi) is 12.0. The Morgan fingerprint density at radius 1 is 1.11 bits per heavy atom. The van der Waals surface area contributed by atoms with Crippen molar-refractivity contribution in [2.75, 3.05) is 12.3 Å². The molecule has 0 spiro atoms. The Hall–Kier alpha value is -2.42. The molecule has 2 unspecified atom stereocenters. The standard InChI is InChI=1S/C32H35ClN2O8S2.Na/c1-3-23(18-31-34(15-7-17-44(36,37)38)28-21-26(33)11-13-30(28)43-31)19-32-35(16-14-22(2)45(39,40)41)27-20-25(10-12-29(27)42-32)24-8-5-4-6-9-24;/h4-6,8-13,18-20,22,28H,3,7,14-17,21H2,1-2H3,(H-,36,37,38,39,40,41);/q;+1/p-1. The van der Waals surface area contributed by atoms with Crippen LogP contribution in [-0.4, -0.2) is 54.4 Å². The SMILES string of the molecule is CCC(/C=C1\OC2=CC=C(Cl)CC2N1CCCS(=O)(=O)[O-])=C\c1oc2ccc(-c3ccccc3)cc2[n+]1CCC(C)S(=O)(=O)[O-].[Na+]. The van der Waals surface area contributed by atoms with Gasteiger partial charge in [-0.15, -0.1) is 0 Å². The molecule has 2 aliphatic rings. The molecule has 0 amide bonds. The quantitative estimate of drug-likeness (QED) is 0.158. The van der Waals surface area contributed by atoms with Crippen molar-refractivity contribution < 1.29 is 69.2 Å². The number of allylic oxidation sites excluding steroid dienone is 4. The van der Waals surface area contributed by atoms with E-state index in [2.05, 4.69) is 0 Å². The van der Waals surface area contributed by atoms with Gasteiger partial charge in [0.25, 0.3) is 5.52 Å². The summed E-state index contributed by atoms with van der Waals surface area (Å²) in [4.78, 5) is 1.91. The monoisotopic (exact) mass is 696 g/mol. The second-order valence-corrected chi connectivity index (χ2v) is 14.9. The third kappa shape index (κ3) is 8.93. The molecule has 3 aromatic rings. The van der Waals surface area contributed by atoms with Crippen molar-refractivity contribution >= 4 is 49.0 Å². The number of benzene rings is 2. The number of rotatable bonds is 12. The van der Waals surface area contributed by atoms with Gasteiger partial charge in [-0.25, -0.2) is 16.8 Å². The molecule has 14 heteroatoms. The van der Waals surface area contributed by atoms with Crippen molar-refractivity contribution in [3.05, 3.63) is 94.9 Å². The predicted molar refractivity (Wildman–Crippen MR) is 169 cm³/mol. The van der Waals surface area contributed by atoms with Gasteiger partial charge in [0.1, 0.15) is 5.76 Å². The summed E-state index contributed by atoms with van der Waals surface area (Å²) in [6, 6.07) is 15.4. The molecule has 1 fully saturated rings. The first-order chi connectivity index (χ1) is 21.3. The fourth-order valence-electron chi connectivity index (χ4n) is 5.39. The molecule has 0 saturated carbocycles. The topological polar surface area (TPSA) is 144 Å². The van der Waals surface area contributed by atoms with E-state index in [1.165, 1.54) is 6.92 Å². The molecular weight excluding hydrogens is 663 g/mol. The number of aromatic nitrogens is 1. The van der Waals surface area contributed by atoms with Crippen molar-refractivity contribution in [3.63, 3.8) is 0 Å². The summed E-state index contributed by atoms with van der Waals surface area (Å²) in [7, 11) is -8.85. The molecule has 10 nitrogen and oxygen atoms in total. The summed E-state index contributed by atoms with van der Waals surface area (Å²) in [6.07, 6.45) is 8.49. The van der Waals surface area contributed by atoms with Crippen LogP contribution in [0.2, 0.25) is 0 Å². The summed E-state index contributed by atoms with van der Waals surface area (Å²) in [5.74, 6) is 1.13. The Bertz CT molecular complexity index is 1920. The van der Waals surface area contributed by atoms with Crippen LogP contribution in [0.1, 0.15) is 45.4 Å². The van der Waals surface area contributed by atoms with E-state index in [-0.39, 0.29) is 61.5 Å². The van der Waals surface area contributed by atoms with Crippen LogP contribution in [0.3, 0.4) is 0 Å². The van der Waals surface area contributed by atoms with Crippen LogP contribution in [-0.2, 0) is 31.5 Å². The predicted octanol–water partition coefficient (Wildman–Crippen LogP) is 2.40. The molecule has 5 rings (SSSR count). The van der Waals surface area contributed by atoms with Crippen LogP contribution in [0, 0.1) is 0 Å². The molecule has 1 aromatic heterocycles. The smallest absolute Gasteiger partial charge is 0.748 e. The first-order valence-corrected chi connectivity index (χ1v) is 18.1. The van der Waals surface area contributed by atoms with E-state index in [4.69, 9.17) is 20.8 Å². The van der Waals surface area contributed by atoms with Crippen molar-refractivity contribution in [2.45, 2.75) is 57.4 Å². The summed E-state index contributed by atoms with van der Waals surface area (Å²) in [5, 5.41) is -0.457. The van der Waals surface area contributed by atoms with E-state index in [1.54, 1.807) is 12.2 Å². The fraction of sp³-hybridized carbons (Fsp3) is 0.344. The zero-order chi connectivity index (χ0) is 32.4. The average molecular weight is 697 g/mol. The average Bonchev–Trinajstić information content (AvgIpc) is 3.50. The van der Waals surface area contributed by atoms with Gasteiger partial charge in [0.15, 0.2) is 12.4 Å². The zero-order valence-electron chi connectivity index (χ0n) is 25.9. The van der Waals surface area contributed by atoms with Crippen LogP contribution in [0.15, 0.2) is 93.4 Å². The molecule has 46 heavy (non-hydrogen) atoms. The number of ether oxygens (including phenoxy) is 1. The maximum Gasteiger partial charge on any atom is 1.00 e. The van der Waals surface area contributed by atoms with Gasteiger partial charge < -0.3 is 23.2 Å². The van der Waals surface area contributed by atoms with E-state index >= 15 is 0 Å². The van der Waals surface area contributed by atoms with E-state index in [0.717, 1.165) is 22.2 Å². The minimum atomic E-state index is -4.47. The third-order valence-corrected chi connectivity index (χ3v) is 10.2. The summed E-state index contributed by atoms with van der Waals surface area (Å²) < 4.78 is 83.2. The second kappa shape index (κ2) is 15.2. The Morgan fingerprint density at radius 3 is 2.52 bits per heavy atom. The van der Waals surface area contributed by atoms with E-state index in [0.29, 0.717) is 41.0 Å². The maximum absolute atomic E-state index is 11.7. The largest absolute Gasteiger partial charge is 1.00 e. The zero-order valence-corrected chi connectivity index (χ0v) is 30.3. The molecule has 1 aliphatic carbocycles. The van der Waals surface area contributed by atoms with E-state index in [9.17, 15) is 25.9 Å². The van der Waals surface area contributed by atoms with Crippen LogP contribution >= 0.6 is 11.6 Å². The number of oxazole rings is 1. The normalized spacial score (nSPS) is 18.5. The summed E-state index contributed by atoms with van der Waals surface area (Å²) >= 11 is 6.31. The molecule has 0 bridgehead atoms. The molecule has 2 heterocycles. The molecule has 240 valence electrons. The second-order valence-electron chi connectivity index (χ2n) is 11.1. The summed E-state index contributed by atoms with van der Waals surface area (Å²) in [5.41, 5.74) is 4.11. The van der Waals surface area contributed by atoms with E-state index < -0.39 is 31.2 Å². The third-order valence-electron chi connectivity index (χ3n) is 7.94. The maximum atomic E-state index is 11.7. The van der Waals surface area contributed by atoms with Crippen molar-refractivity contribution in [1.29, 1.82) is 0 Å². The van der Waals surface area contributed by atoms with Gasteiger partial charge in [-0.2, -0.15) is 4.57 Å². The summed E-state index contributed by atoms with van der Waals surface area (Å²) in [6.45, 7) is 3.85. The molecule has 1 aliphatic heterocycles. The number of hydrogen-bond donors (Lipinski definition) is 0. The number of fused-ring (bicyclic) bond motifs is 2. The molecule has 0 radical (unpaired) electrons. The Balaban J connectivity index is 0.00000480. The van der Waals surface area contributed by atoms with Crippen LogP contribution < -0.4 is 34.1 Å². The first kappa shape index (κ1) is 36.4. The van der Waals surface area contributed by atoms with Gasteiger partial charge in [-0.05, 0) is 54.7 Å². The van der Waals surface area contributed by atoms with Crippen molar-refractivity contribution in [3.8, 4) is 11.1 Å². The van der Waals surface area contributed by atoms with Gasteiger partial charge in [0, 0.05) is 42.3 Å². The minimum Gasteiger partial charge on any atom is -0.748 e. The van der Waals surface area contributed by atoms with Gasteiger partial charge in [0.2, 0.25) is 5.58 Å². The molecule has 0 N–H and O–H groups in total. The Morgan fingerprint density at radius 2 is 1.85 bits per heavy atom. The number of hydrogen-bond acceptors (Lipinski definition) is 9. The van der Waals surface area contributed by atoms with Gasteiger partial charge in [-0.1, -0.05) is 54.9 Å². The van der Waals surface area contributed by atoms with Crippen LogP contribution in [0.25, 0.3) is 28.3 Å².